The van der Waals surface area contributed by atoms with Gasteiger partial charge >= 0.3 is 17.9 Å². The number of ether oxygens (including phenoxy) is 3. The predicted octanol–water partition coefficient (Wildman–Crippen LogP) is 19.3. The summed E-state index contributed by atoms with van der Waals surface area (Å²) >= 11 is 0. The van der Waals surface area contributed by atoms with E-state index in [1.165, 1.54) is 32.1 Å². The van der Waals surface area contributed by atoms with Crippen molar-refractivity contribution in [3.05, 3.63) is 207 Å². The summed E-state index contributed by atoms with van der Waals surface area (Å²) in [5.74, 6) is -1.06. The molecule has 0 amide bonds. The third kappa shape index (κ3) is 56.9. The zero-order valence-corrected chi connectivity index (χ0v) is 46.2. The van der Waals surface area contributed by atoms with Crippen LogP contribution < -0.4 is 0 Å². The first-order valence-corrected chi connectivity index (χ1v) is 28.3. The summed E-state index contributed by atoms with van der Waals surface area (Å²) in [4.78, 5) is 38.2. The third-order valence-electron chi connectivity index (χ3n) is 11.0. The van der Waals surface area contributed by atoms with Gasteiger partial charge in [0.05, 0.1) is 0 Å². The van der Waals surface area contributed by atoms with E-state index in [0.29, 0.717) is 19.3 Å². The quantitative estimate of drug-likeness (QED) is 0.0262. The lowest BCUT2D eigenvalue weighted by Crippen LogP contribution is -2.30. The van der Waals surface area contributed by atoms with Gasteiger partial charge < -0.3 is 14.2 Å². The maximum atomic E-state index is 12.9. The van der Waals surface area contributed by atoms with Crippen molar-refractivity contribution >= 4 is 17.9 Å². The van der Waals surface area contributed by atoms with E-state index in [1.807, 2.05) is 146 Å². The van der Waals surface area contributed by atoms with Gasteiger partial charge in [0.2, 0.25) is 0 Å². The van der Waals surface area contributed by atoms with Gasteiger partial charge in [-0.2, -0.15) is 0 Å². The second kappa shape index (κ2) is 59.6. The molecule has 0 saturated carbocycles. The number of unbranched alkanes of at least 4 members (excludes halogenated alkanes) is 16. The molecule has 0 N–H and O–H groups in total. The molecule has 0 aliphatic heterocycles. The Hall–Kier alpha value is -6.01. The van der Waals surface area contributed by atoms with Crippen LogP contribution in [0.25, 0.3) is 0 Å². The average Bonchev–Trinajstić information content (AvgIpc) is 3.40. The first kappa shape index (κ1) is 68.0. The lowest BCUT2D eigenvalue weighted by Gasteiger charge is -2.18. The van der Waals surface area contributed by atoms with Crippen LogP contribution in [0.4, 0.5) is 0 Å². The van der Waals surface area contributed by atoms with Gasteiger partial charge in [-0.25, -0.2) is 0 Å². The van der Waals surface area contributed by atoms with Crippen molar-refractivity contribution < 1.29 is 28.6 Å². The third-order valence-corrected chi connectivity index (χ3v) is 11.0. The van der Waals surface area contributed by atoms with Crippen LogP contribution in [0, 0.1) is 0 Å². The Morgan fingerprint density at radius 1 is 0.284 bits per heavy atom. The highest BCUT2D eigenvalue weighted by Crippen LogP contribution is 2.12. The van der Waals surface area contributed by atoms with E-state index < -0.39 is 6.10 Å². The Kier molecular flexibility index (Phi) is 54.7. The first-order chi connectivity index (χ1) is 36.5. The van der Waals surface area contributed by atoms with Gasteiger partial charge in [-0.05, 0) is 83.5 Å². The molecule has 406 valence electrons. The molecule has 1 unspecified atom stereocenters. The lowest BCUT2D eigenvalue weighted by molar-refractivity contribution is -0.167. The van der Waals surface area contributed by atoms with E-state index in [2.05, 4.69) is 81.5 Å². The number of hydrogen-bond acceptors (Lipinski definition) is 6. The highest BCUT2D eigenvalue weighted by Gasteiger charge is 2.19. The molecule has 6 heteroatoms. The van der Waals surface area contributed by atoms with E-state index in [0.717, 1.165) is 96.3 Å². The van der Waals surface area contributed by atoms with Gasteiger partial charge in [-0.3, -0.25) is 14.4 Å². The molecule has 0 heterocycles. The molecule has 0 radical (unpaired) electrons. The van der Waals surface area contributed by atoms with Crippen LogP contribution in [0.2, 0.25) is 0 Å². The second-order valence-corrected chi connectivity index (χ2v) is 17.8. The molecule has 0 saturated heterocycles. The summed E-state index contributed by atoms with van der Waals surface area (Å²) < 4.78 is 16.8. The smallest absolute Gasteiger partial charge is 0.306 e. The number of carbonyl (C=O) groups excluding carboxylic acids is 3. The van der Waals surface area contributed by atoms with Crippen LogP contribution in [0.15, 0.2) is 207 Å². The standard InChI is InChI=1S/C68H98O6/c1-4-7-10-13-16-19-22-25-28-31-34-37-40-43-46-49-52-55-58-61-67(70)73-64-65(63-72-66(69)60-57-54-51-48-45-42-39-36-33-30-27-24-21-18-15-12-9-6-3)74-68(71)62-59-56-53-50-47-44-41-38-35-32-29-26-23-20-17-14-11-8-5-2/h7-8,10-11,13-14,16-17,19-20,22-41,43-44,46-47,65H,4-6,9,12,15,18,21,42,45,48-64H2,1-3H3/b10-7-,11-8-,16-13-,17-14-,22-19-,23-20-,27-24-,28-25-,29-26-,33-30-,34-31+,35-32+,39-36-,40-37-,41-38-,46-43-,47-44-. The van der Waals surface area contributed by atoms with Crippen LogP contribution in [-0.4, -0.2) is 37.2 Å². The Morgan fingerprint density at radius 3 is 0.838 bits per heavy atom. The van der Waals surface area contributed by atoms with E-state index in [-0.39, 0.29) is 44.0 Å². The van der Waals surface area contributed by atoms with Crippen molar-refractivity contribution in [2.45, 2.75) is 187 Å². The van der Waals surface area contributed by atoms with Gasteiger partial charge in [0, 0.05) is 19.3 Å². The molecule has 0 fully saturated rings. The number of rotatable bonds is 47. The number of esters is 3. The van der Waals surface area contributed by atoms with Crippen LogP contribution in [-0.2, 0) is 28.6 Å². The van der Waals surface area contributed by atoms with E-state index in [4.69, 9.17) is 14.2 Å². The summed E-state index contributed by atoms with van der Waals surface area (Å²) in [6, 6.07) is 0. The van der Waals surface area contributed by atoms with Crippen LogP contribution in [0.3, 0.4) is 0 Å². The van der Waals surface area contributed by atoms with E-state index in [1.54, 1.807) is 0 Å². The van der Waals surface area contributed by atoms with Gasteiger partial charge in [0.25, 0.3) is 0 Å². The Morgan fingerprint density at radius 2 is 0.527 bits per heavy atom. The Labute approximate surface area is 451 Å². The summed E-state index contributed by atoms with van der Waals surface area (Å²) in [6.07, 6.45) is 92.2. The molecule has 0 bridgehead atoms. The Balaban J connectivity index is 4.70. The molecule has 74 heavy (non-hydrogen) atoms. The fourth-order valence-corrected chi connectivity index (χ4v) is 6.76. The second-order valence-electron chi connectivity index (χ2n) is 17.8. The van der Waals surface area contributed by atoms with Crippen LogP contribution in [0.1, 0.15) is 181 Å². The van der Waals surface area contributed by atoms with Gasteiger partial charge in [0.1, 0.15) is 13.2 Å². The molecule has 0 rings (SSSR count). The summed E-state index contributed by atoms with van der Waals surface area (Å²) in [5, 5.41) is 0. The molecular weight excluding hydrogens is 913 g/mol. The number of hydrogen-bond donors (Lipinski definition) is 0. The van der Waals surface area contributed by atoms with Gasteiger partial charge in [-0.1, -0.05) is 285 Å². The normalized spacial score (nSPS) is 13.7. The minimum atomic E-state index is -0.846. The maximum absolute atomic E-state index is 12.9. The van der Waals surface area contributed by atoms with Crippen molar-refractivity contribution in [2.24, 2.45) is 0 Å². The molecule has 0 aromatic carbocycles. The molecule has 1 atom stereocenters. The molecule has 0 aromatic rings. The average molecular weight is 1010 g/mol. The fraction of sp³-hybridized carbons (Fsp3) is 0.456. The lowest BCUT2D eigenvalue weighted by atomic mass is 10.1. The van der Waals surface area contributed by atoms with E-state index >= 15 is 0 Å². The largest absolute Gasteiger partial charge is 0.462 e. The highest BCUT2D eigenvalue weighted by molar-refractivity contribution is 5.71. The fourth-order valence-electron chi connectivity index (χ4n) is 6.76. The SMILES string of the molecule is CC\C=C/C=C\C=C/C=C\C=C\C=C/C=C\CCCCCC(=O)OCC(COC(=O)CCCCCCC\C=C/C=C\C=C/CCCCCCC)OC(=O)CCCCC\C=C/C=C\C=C\C=C/C=C\C=C/C=C\CC. The van der Waals surface area contributed by atoms with E-state index in [9.17, 15) is 14.4 Å². The zero-order valence-electron chi connectivity index (χ0n) is 46.2. The van der Waals surface area contributed by atoms with Crippen LogP contribution >= 0.6 is 0 Å². The van der Waals surface area contributed by atoms with Gasteiger partial charge in [-0.15, -0.1) is 0 Å². The molecular formula is C68H98O6. The van der Waals surface area contributed by atoms with Crippen molar-refractivity contribution in [3.8, 4) is 0 Å². The number of carbonyl (C=O) groups is 3. The Bertz CT molecular complexity index is 1880. The first-order valence-electron chi connectivity index (χ1n) is 28.3. The minimum Gasteiger partial charge on any atom is -0.462 e. The minimum absolute atomic E-state index is 0.136. The topological polar surface area (TPSA) is 78.9 Å². The molecule has 0 aliphatic rings. The maximum Gasteiger partial charge on any atom is 0.306 e. The molecule has 0 spiro atoms. The summed E-state index contributed by atoms with van der Waals surface area (Å²) in [5.41, 5.74) is 0. The predicted molar refractivity (Wildman–Crippen MR) is 320 cm³/mol. The zero-order chi connectivity index (χ0) is 53.6. The van der Waals surface area contributed by atoms with Crippen LogP contribution in [0.5, 0.6) is 0 Å². The van der Waals surface area contributed by atoms with Crippen molar-refractivity contribution in [2.75, 3.05) is 13.2 Å². The van der Waals surface area contributed by atoms with Crippen molar-refractivity contribution in [3.63, 3.8) is 0 Å². The molecule has 0 aliphatic carbocycles. The molecule has 6 nitrogen and oxygen atoms in total. The van der Waals surface area contributed by atoms with Crippen molar-refractivity contribution in [1.29, 1.82) is 0 Å². The van der Waals surface area contributed by atoms with Crippen molar-refractivity contribution in [1.82, 2.24) is 0 Å². The van der Waals surface area contributed by atoms with Gasteiger partial charge in [0.15, 0.2) is 6.10 Å². The summed E-state index contributed by atoms with van der Waals surface area (Å²) in [7, 11) is 0. The molecule has 0 aromatic heterocycles. The highest BCUT2D eigenvalue weighted by atomic mass is 16.6. The summed E-state index contributed by atoms with van der Waals surface area (Å²) in [6.45, 7) is 6.20. The number of allylic oxidation sites excluding steroid dienone is 34. The monoisotopic (exact) mass is 1010 g/mol.